The minimum absolute atomic E-state index is 0.0724. The fraction of sp³-hybridized carbons (Fsp3) is 0.222. The third-order valence-electron chi connectivity index (χ3n) is 6.15. The van der Waals surface area contributed by atoms with E-state index in [4.69, 9.17) is 9.72 Å². The zero-order valence-electron chi connectivity index (χ0n) is 18.7. The molecule has 1 fully saturated rings. The molecule has 2 aromatic carbocycles. The van der Waals surface area contributed by atoms with E-state index < -0.39 is 0 Å². The number of hydrogen-bond donors (Lipinski definition) is 0. The molecule has 1 amide bonds. The summed E-state index contributed by atoms with van der Waals surface area (Å²) in [6.45, 7) is 4.65. The van der Waals surface area contributed by atoms with Crippen molar-refractivity contribution in [2.75, 3.05) is 6.54 Å². The lowest BCUT2D eigenvalue weighted by Gasteiger charge is -2.34. The summed E-state index contributed by atoms with van der Waals surface area (Å²) in [4.78, 5) is 23.7. The molecule has 6 nitrogen and oxygen atoms in total. The highest BCUT2D eigenvalue weighted by Gasteiger charge is 2.30. The zero-order valence-corrected chi connectivity index (χ0v) is 18.7. The molecule has 172 valence electrons. The summed E-state index contributed by atoms with van der Waals surface area (Å²) < 4.78 is 21.2. The van der Waals surface area contributed by atoms with E-state index in [1.54, 1.807) is 18.5 Å². The molecule has 0 N–H and O–H groups in total. The molecule has 2 aromatic heterocycles. The fourth-order valence-corrected chi connectivity index (χ4v) is 4.49. The van der Waals surface area contributed by atoms with E-state index in [0.717, 1.165) is 47.4 Å². The summed E-state index contributed by atoms with van der Waals surface area (Å²) in [5.74, 6) is 1.16. The van der Waals surface area contributed by atoms with Crippen LogP contribution in [0.15, 0.2) is 79.8 Å². The second-order valence-electron chi connectivity index (χ2n) is 8.34. The lowest BCUT2D eigenvalue weighted by Crippen LogP contribution is -2.38. The number of ether oxygens (including phenoxy) is 1. The van der Waals surface area contributed by atoms with Crippen molar-refractivity contribution in [3.05, 3.63) is 97.0 Å². The largest absolute Gasteiger partial charge is 0.489 e. The lowest BCUT2D eigenvalue weighted by atomic mass is 10.0. The topological polar surface area (TPSA) is 59.7 Å². The van der Waals surface area contributed by atoms with Crippen LogP contribution < -0.4 is 4.74 Å². The van der Waals surface area contributed by atoms with E-state index in [2.05, 4.69) is 11.6 Å². The number of piperidine rings is 1. The predicted octanol–water partition coefficient (Wildman–Crippen LogP) is 5.35. The minimum atomic E-state index is -0.279. The number of rotatable bonds is 6. The quantitative estimate of drug-likeness (QED) is 0.367. The maximum atomic E-state index is 13.4. The molecule has 1 aliphatic heterocycles. The molecule has 0 aliphatic carbocycles. The molecular formula is C27H25FN4O2. The summed E-state index contributed by atoms with van der Waals surface area (Å²) in [5.41, 5.74) is 3.37. The first kappa shape index (κ1) is 21.8. The Labute approximate surface area is 197 Å². The Kier molecular flexibility index (Phi) is 6.08. The van der Waals surface area contributed by atoms with E-state index >= 15 is 0 Å². The highest BCUT2D eigenvalue weighted by atomic mass is 19.1. The molecule has 0 radical (unpaired) electrons. The maximum Gasteiger partial charge on any atom is 0.246 e. The van der Waals surface area contributed by atoms with Crippen LogP contribution in [0, 0.1) is 5.82 Å². The minimum Gasteiger partial charge on any atom is -0.489 e. The van der Waals surface area contributed by atoms with Gasteiger partial charge in [0.15, 0.2) is 0 Å². The van der Waals surface area contributed by atoms with Crippen molar-refractivity contribution in [2.24, 2.45) is 0 Å². The zero-order chi connectivity index (χ0) is 23.5. The number of fused-ring (bicyclic) bond motifs is 1. The molecule has 0 bridgehead atoms. The van der Waals surface area contributed by atoms with Crippen LogP contribution in [-0.4, -0.2) is 31.7 Å². The van der Waals surface area contributed by atoms with Crippen LogP contribution in [0.1, 0.15) is 36.7 Å². The Balaban J connectivity index is 1.44. The molecule has 1 aliphatic rings. The van der Waals surface area contributed by atoms with Crippen LogP contribution in [0.5, 0.6) is 5.75 Å². The van der Waals surface area contributed by atoms with Crippen LogP contribution in [0.4, 0.5) is 4.39 Å². The number of benzene rings is 2. The Morgan fingerprint density at radius 2 is 2.06 bits per heavy atom. The van der Waals surface area contributed by atoms with Crippen molar-refractivity contribution in [2.45, 2.75) is 31.9 Å². The Bertz CT molecular complexity index is 1330. The van der Waals surface area contributed by atoms with Crippen molar-refractivity contribution in [1.29, 1.82) is 0 Å². The Morgan fingerprint density at radius 3 is 2.85 bits per heavy atom. The summed E-state index contributed by atoms with van der Waals surface area (Å²) in [5, 5.41) is 0. The standard InChI is InChI=1S/C27H25FN4O2/c1-2-25(33)31-14-4-3-8-23(31)27-30-26(24-17-29-13-15-32(24)27)20-9-11-22(12-10-20)34-18-19-6-5-7-21(28)16-19/h2,5-7,9-13,15-17,23H,1,3-4,8,14,18H2. The van der Waals surface area contributed by atoms with E-state index in [0.29, 0.717) is 12.3 Å². The van der Waals surface area contributed by atoms with Gasteiger partial charge < -0.3 is 9.64 Å². The smallest absolute Gasteiger partial charge is 0.246 e. The number of halogens is 1. The molecule has 0 saturated carbocycles. The normalized spacial score (nSPS) is 15.9. The molecule has 3 heterocycles. The van der Waals surface area contributed by atoms with Gasteiger partial charge in [-0.25, -0.2) is 9.37 Å². The third kappa shape index (κ3) is 4.29. The first-order valence-corrected chi connectivity index (χ1v) is 11.4. The average Bonchev–Trinajstić information content (AvgIpc) is 3.27. The van der Waals surface area contributed by atoms with E-state index in [1.165, 1.54) is 18.2 Å². The van der Waals surface area contributed by atoms with Crippen molar-refractivity contribution in [1.82, 2.24) is 19.3 Å². The van der Waals surface area contributed by atoms with Crippen molar-refractivity contribution in [3.8, 4) is 17.0 Å². The summed E-state index contributed by atoms with van der Waals surface area (Å²) in [6, 6.07) is 13.9. The number of likely N-dealkylation sites (tertiary alicyclic amines) is 1. The Morgan fingerprint density at radius 1 is 1.21 bits per heavy atom. The van der Waals surface area contributed by atoms with Crippen LogP contribution in [-0.2, 0) is 11.4 Å². The van der Waals surface area contributed by atoms with E-state index in [9.17, 15) is 9.18 Å². The maximum absolute atomic E-state index is 13.4. The van der Waals surface area contributed by atoms with Crippen molar-refractivity contribution < 1.29 is 13.9 Å². The van der Waals surface area contributed by atoms with Gasteiger partial charge in [-0.05, 0) is 67.3 Å². The fourth-order valence-electron chi connectivity index (χ4n) is 4.49. The molecule has 7 heteroatoms. The SMILES string of the molecule is C=CC(=O)N1CCCCC1c1nc(-c2ccc(OCc3cccc(F)c3)cc2)c2cnccn12. The number of amides is 1. The van der Waals surface area contributed by atoms with Crippen molar-refractivity contribution in [3.63, 3.8) is 0 Å². The monoisotopic (exact) mass is 456 g/mol. The van der Waals surface area contributed by atoms with Gasteiger partial charge in [0.05, 0.1) is 23.4 Å². The van der Waals surface area contributed by atoms with Crippen LogP contribution >= 0.6 is 0 Å². The molecule has 34 heavy (non-hydrogen) atoms. The molecule has 1 atom stereocenters. The number of carbonyl (C=O) groups excluding carboxylic acids is 1. The molecule has 5 rings (SSSR count). The number of imidazole rings is 1. The molecular weight excluding hydrogens is 431 g/mol. The van der Waals surface area contributed by atoms with Gasteiger partial charge in [-0.1, -0.05) is 18.7 Å². The molecule has 1 unspecified atom stereocenters. The van der Waals surface area contributed by atoms with Crippen LogP contribution in [0.3, 0.4) is 0 Å². The second-order valence-corrected chi connectivity index (χ2v) is 8.34. The first-order valence-electron chi connectivity index (χ1n) is 11.4. The van der Waals surface area contributed by atoms with Gasteiger partial charge >= 0.3 is 0 Å². The van der Waals surface area contributed by atoms with Gasteiger partial charge in [0.25, 0.3) is 0 Å². The Hall–Kier alpha value is -4.00. The highest BCUT2D eigenvalue weighted by Crippen LogP contribution is 2.34. The second kappa shape index (κ2) is 9.47. The van der Waals surface area contributed by atoms with Crippen LogP contribution in [0.2, 0.25) is 0 Å². The van der Waals surface area contributed by atoms with Gasteiger partial charge in [-0.2, -0.15) is 0 Å². The molecule has 0 spiro atoms. The van der Waals surface area contributed by atoms with Gasteiger partial charge in [0.1, 0.15) is 24.0 Å². The van der Waals surface area contributed by atoms with Crippen LogP contribution in [0.25, 0.3) is 16.8 Å². The van der Waals surface area contributed by atoms with Crippen molar-refractivity contribution >= 4 is 11.4 Å². The highest BCUT2D eigenvalue weighted by molar-refractivity contribution is 5.87. The van der Waals surface area contributed by atoms with Gasteiger partial charge in [0, 0.05) is 24.5 Å². The summed E-state index contributed by atoms with van der Waals surface area (Å²) in [6.07, 6.45) is 9.66. The molecule has 4 aromatic rings. The van der Waals surface area contributed by atoms with Gasteiger partial charge in [-0.3, -0.25) is 14.2 Å². The molecule has 1 saturated heterocycles. The summed E-state index contributed by atoms with van der Waals surface area (Å²) >= 11 is 0. The lowest BCUT2D eigenvalue weighted by molar-refractivity contribution is -0.129. The number of carbonyl (C=O) groups is 1. The van der Waals surface area contributed by atoms with Gasteiger partial charge in [-0.15, -0.1) is 0 Å². The van der Waals surface area contributed by atoms with Gasteiger partial charge in [0.2, 0.25) is 5.91 Å². The number of nitrogens with zero attached hydrogens (tertiary/aromatic N) is 4. The first-order chi connectivity index (χ1) is 16.6. The average molecular weight is 457 g/mol. The number of aromatic nitrogens is 3. The predicted molar refractivity (Wildman–Crippen MR) is 128 cm³/mol. The van der Waals surface area contributed by atoms with E-state index in [-0.39, 0.29) is 24.4 Å². The number of hydrogen-bond acceptors (Lipinski definition) is 4. The van der Waals surface area contributed by atoms with E-state index in [1.807, 2.05) is 45.8 Å². The third-order valence-corrected chi connectivity index (χ3v) is 6.15. The summed E-state index contributed by atoms with van der Waals surface area (Å²) in [7, 11) is 0.